The number of imidazole rings is 1. The van der Waals surface area contributed by atoms with E-state index in [0.717, 1.165) is 5.69 Å². The summed E-state index contributed by atoms with van der Waals surface area (Å²) >= 11 is 6.02. The van der Waals surface area contributed by atoms with Crippen molar-refractivity contribution in [1.82, 2.24) is 9.55 Å². The van der Waals surface area contributed by atoms with E-state index < -0.39 is 5.97 Å². The fourth-order valence-electron chi connectivity index (χ4n) is 2.22. The lowest BCUT2D eigenvalue weighted by molar-refractivity contribution is 0.0699. The van der Waals surface area contributed by atoms with E-state index in [2.05, 4.69) is 4.98 Å². The van der Waals surface area contributed by atoms with Crippen molar-refractivity contribution in [3.05, 3.63) is 53.3 Å². The highest BCUT2D eigenvalue weighted by atomic mass is 35.5. The minimum atomic E-state index is -1.00. The molecule has 3 rings (SSSR count). The molecule has 0 spiro atoms. The van der Waals surface area contributed by atoms with Crippen LogP contribution in [-0.2, 0) is 0 Å². The lowest BCUT2D eigenvalue weighted by Gasteiger charge is -2.08. The molecule has 0 saturated carbocycles. The second-order valence-electron chi connectivity index (χ2n) is 4.41. The largest absolute Gasteiger partial charge is 0.495 e. The van der Waals surface area contributed by atoms with Gasteiger partial charge in [0.15, 0.2) is 0 Å². The van der Waals surface area contributed by atoms with E-state index in [1.807, 2.05) is 12.1 Å². The van der Waals surface area contributed by atoms with Gasteiger partial charge >= 0.3 is 5.97 Å². The third-order valence-corrected chi connectivity index (χ3v) is 3.53. The number of benzene rings is 2. The number of nitrogens with zero attached hydrogens (tertiary/aromatic N) is 2. The van der Waals surface area contributed by atoms with Crippen molar-refractivity contribution >= 4 is 28.6 Å². The highest BCUT2D eigenvalue weighted by molar-refractivity contribution is 6.32. The topological polar surface area (TPSA) is 64.4 Å². The van der Waals surface area contributed by atoms with Crippen LogP contribution in [0.1, 0.15) is 10.4 Å². The third kappa shape index (κ3) is 2.21. The minimum absolute atomic E-state index is 0.173. The molecule has 0 atom stereocenters. The van der Waals surface area contributed by atoms with Crippen LogP contribution in [0.4, 0.5) is 0 Å². The molecule has 0 aliphatic rings. The zero-order valence-corrected chi connectivity index (χ0v) is 11.8. The molecule has 1 heterocycles. The summed E-state index contributed by atoms with van der Waals surface area (Å²) in [6.45, 7) is 0. The highest BCUT2D eigenvalue weighted by Gasteiger charge is 2.13. The molecule has 0 unspecified atom stereocenters. The zero-order chi connectivity index (χ0) is 15.0. The van der Waals surface area contributed by atoms with Crippen LogP contribution >= 0.6 is 11.6 Å². The molecule has 21 heavy (non-hydrogen) atoms. The Balaban J connectivity index is 2.22. The lowest BCUT2D eigenvalue weighted by Crippen LogP contribution is -1.98. The Bertz CT molecular complexity index is 842. The number of fused-ring (bicyclic) bond motifs is 1. The van der Waals surface area contributed by atoms with Crippen molar-refractivity contribution in [2.75, 3.05) is 7.11 Å². The SMILES string of the molecule is COc1cc(-n2cnc3c(C(=O)O)cccc32)ccc1Cl. The van der Waals surface area contributed by atoms with Gasteiger partial charge in [-0.3, -0.25) is 4.57 Å². The minimum Gasteiger partial charge on any atom is -0.495 e. The van der Waals surface area contributed by atoms with Crippen LogP contribution in [-0.4, -0.2) is 27.7 Å². The molecule has 0 saturated heterocycles. The zero-order valence-electron chi connectivity index (χ0n) is 11.1. The van der Waals surface area contributed by atoms with Gasteiger partial charge in [0, 0.05) is 6.07 Å². The summed E-state index contributed by atoms with van der Waals surface area (Å²) in [5.74, 6) is -0.454. The quantitative estimate of drug-likeness (QED) is 0.805. The summed E-state index contributed by atoms with van der Waals surface area (Å²) in [6.07, 6.45) is 1.58. The van der Waals surface area contributed by atoms with Gasteiger partial charge in [-0.2, -0.15) is 0 Å². The first-order valence-corrected chi connectivity index (χ1v) is 6.53. The van der Waals surface area contributed by atoms with Crippen molar-refractivity contribution in [2.45, 2.75) is 0 Å². The van der Waals surface area contributed by atoms with Crippen molar-refractivity contribution in [3.63, 3.8) is 0 Å². The van der Waals surface area contributed by atoms with Crippen molar-refractivity contribution in [2.24, 2.45) is 0 Å². The van der Waals surface area contributed by atoms with Gasteiger partial charge in [-0.25, -0.2) is 9.78 Å². The summed E-state index contributed by atoms with van der Waals surface area (Å²) in [7, 11) is 1.54. The number of rotatable bonds is 3. The number of aromatic carboxylic acids is 1. The Hall–Kier alpha value is -2.53. The van der Waals surface area contributed by atoms with Crippen LogP contribution < -0.4 is 4.74 Å². The number of halogens is 1. The Morgan fingerprint density at radius 3 is 2.86 bits per heavy atom. The average Bonchev–Trinajstić information content (AvgIpc) is 2.91. The van der Waals surface area contributed by atoms with E-state index in [-0.39, 0.29) is 5.56 Å². The van der Waals surface area contributed by atoms with E-state index in [0.29, 0.717) is 21.8 Å². The molecule has 0 fully saturated rings. The van der Waals surface area contributed by atoms with Gasteiger partial charge in [-0.1, -0.05) is 17.7 Å². The second-order valence-corrected chi connectivity index (χ2v) is 4.82. The number of hydrogen-bond acceptors (Lipinski definition) is 3. The number of carboxylic acids is 1. The van der Waals surface area contributed by atoms with E-state index in [1.165, 1.54) is 6.07 Å². The third-order valence-electron chi connectivity index (χ3n) is 3.22. The van der Waals surface area contributed by atoms with E-state index in [4.69, 9.17) is 16.3 Å². The number of methoxy groups -OCH3 is 1. The number of para-hydroxylation sites is 1. The Kier molecular flexibility index (Phi) is 3.27. The summed E-state index contributed by atoms with van der Waals surface area (Å²) < 4.78 is 6.99. The van der Waals surface area contributed by atoms with Crippen molar-refractivity contribution in [1.29, 1.82) is 0 Å². The first-order chi connectivity index (χ1) is 10.1. The molecule has 6 heteroatoms. The van der Waals surface area contributed by atoms with Gasteiger partial charge in [0.25, 0.3) is 0 Å². The van der Waals surface area contributed by atoms with Crippen molar-refractivity contribution in [3.8, 4) is 11.4 Å². The summed E-state index contributed by atoms with van der Waals surface area (Å²) in [6, 6.07) is 10.4. The van der Waals surface area contributed by atoms with Gasteiger partial charge in [-0.05, 0) is 24.3 Å². The molecule has 0 bridgehead atoms. The molecule has 5 nitrogen and oxygen atoms in total. The average molecular weight is 303 g/mol. The number of hydrogen-bond donors (Lipinski definition) is 1. The Morgan fingerprint density at radius 2 is 2.14 bits per heavy atom. The van der Waals surface area contributed by atoms with Crippen LogP contribution in [0.3, 0.4) is 0 Å². The van der Waals surface area contributed by atoms with Gasteiger partial charge < -0.3 is 9.84 Å². The molecule has 1 N–H and O–H groups in total. The number of ether oxygens (including phenoxy) is 1. The maximum absolute atomic E-state index is 11.2. The fourth-order valence-corrected chi connectivity index (χ4v) is 2.41. The predicted octanol–water partition coefficient (Wildman–Crippen LogP) is 3.39. The Labute approximate surface area is 125 Å². The molecule has 0 radical (unpaired) electrons. The molecule has 106 valence electrons. The predicted molar refractivity (Wildman–Crippen MR) is 79.6 cm³/mol. The number of aromatic nitrogens is 2. The maximum Gasteiger partial charge on any atom is 0.337 e. The van der Waals surface area contributed by atoms with Gasteiger partial charge in [0.1, 0.15) is 17.6 Å². The van der Waals surface area contributed by atoms with E-state index in [1.54, 1.807) is 36.2 Å². The summed E-state index contributed by atoms with van der Waals surface area (Å²) in [5.41, 5.74) is 2.12. The molecular formula is C15H11ClN2O3. The standard InChI is InChI=1S/C15H11ClN2O3/c1-21-13-7-9(5-6-11(13)16)18-8-17-14-10(15(19)20)3-2-4-12(14)18/h2-8H,1H3,(H,19,20). The molecule has 2 aromatic carbocycles. The molecule has 0 aliphatic carbocycles. The number of carbonyl (C=O) groups is 1. The molecular weight excluding hydrogens is 292 g/mol. The smallest absolute Gasteiger partial charge is 0.337 e. The van der Waals surface area contributed by atoms with Crippen LogP contribution in [0.15, 0.2) is 42.7 Å². The molecule has 0 aliphatic heterocycles. The monoisotopic (exact) mass is 302 g/mol. The van der Waals surface area contributed by atoms with E-state index >= 15 is 0 Å². The molecule has 3 aromatic rings. The fraction of sp³-hybridized carbons (Fsp3) is 0.0667. The second kappa shape index (κ2) is 5.10. The normalized spacial score (nSPS) is 10.8. The Morgan fingerprint density at radius 1 is 1.33 bits per heavy atom. The van der Waals surface area contributed by atoms with Crippen LogP contribution in [0.25, 0.3) is 16.7 Å². The van der Waals surface area contributed by atoms with Crippen LogP contribution in [0.2, 0.25) is 5.02 Å². The van der Waals surface area contributed by atoms with Crippen molar-refractivity contribution < 1.29 is 14.6 Å². The number of carboxylic acid groups (broad SMARTS) is 1. The lowest BCUT2D eigenvalue weighted by atomic mass is 10.2. The first kappa shape index (κ1) is 13.5. The first-order valence-electron chi connectivity index (χ1n) is 6.15. The molecule has 1 aromatic heterocycles. The van der Waals surface area contributed by atoms with E-state index in [9.17, 15) is 9.90 Å². The summed E-state index contributed by atoms with van der Waals surface area (Å²) in [5, 5.41) is 9.71. The van der Waals surface area contributed by atoms with Gasteiger partial charge in [0.05, 0.1) is 28.9 Å². The van der Waals surface area contributed by atoms with Gasteiger partial charge in [-0.15, -0.1) is 0 Å². The van der Waals surface area contributed by atoms with Crippen LogP contribution in [0, 0.1) is 0 Å². The summed E-state index contributed by atoms with van der Waals surface area (Å²) in [4.78, 5) is 15.4. The van der Waals surface area contributed by atoms with Gasteiger partial charge in [0.2, 0.25) is 0 Å². The molecule has 0 amide bonds. The van der Waals surface area contributed by atoms with Crippen LogP contribution in [0.5, 0.6) is 5.75 Å². The maximum atomic E-state index is 11.2. The highest BCUT2D eigenvalue weighted by Crippen LogP contribution is 2.28.